The topological polar surface area (TPSA) is 38.8 Å². The van der Waals surface area contributed by atoms with E-state index in [0.717, 1.165) is 19.4 Å². The van der Waals surface area contributed by atoms with Gasteiger partial charge in [0.1, 0.15) is 12.8 Å². The van der Waals surface area contributed by atoms with Crippen molar-refractivity contribution in [2.45, 2.75) is 31.6 Å². The lowest BCUT2D eigenvalue weighted by Gasteiger charge is -2.31. The van der Waals surface area contributed by atoms with Crippen LogP contribution in [0, 0.1) is 0 Å². The Labute approximate surface area is 71.4 Å². The molecule has 0 N–H and O–H groups in total. The van der Waals surface area contributed by atoms with Crippen LogP contribution in [0.5, 0.6) is 0 Å². The van der Waals surface area contributed by atoms with Crippen molar-refractivity contribution in [3.05, 3.63) is 0 Å². The Morgan fingerprint density at radius 2 is 2.33 bits per heavy atom. The van der Waals surface area contributed by atoms with Crippen molar-refractivity contribution in [1.29, 1.82) is 0 Å². The van der Waals surface area contributed by atoms with E-state index in [0.29, 0.717) is 6.73 Å². The quantitative estimate of drug-likeness (QED) is 0.520. The van der Waals surface area contributed by atoms with E-state index in [1.807, 2.05) is 6.92 Å². The van der Waals surface area contributed by atoms with Crippen molar-refractivity contribution < 1.29 is 14.3 Å². The summed E-state index contributed by atoms with van der Waals surface area (Å²) in [4.78, 5) is 12.3. The van der Waals surface area contributed by atoms with Crippen molar-refractivity contribution in [2.75, 3.05) is 13.3 Å². The van der Waals surface area contributed by atoms with Gasteiger partial charge in [-0.2, -0.15) is 0 Å². The SMILES string of the molecule is CC1OCCC2C1OCN2C=O. The van der Waals surface area contributed by atoms with Crippen LogP contribution >= 0.6 is 0 Å². The van der Waals surface area contributed by atoms with Crippen LogP contribution in [0.25, 0.3) is 0 Å². The second kappa shape index (κ2) is 3.03. The van der Waals surface area contributed by atoms with E-state index in [9.17, 15) is 4.79 Å². The molecule has 3 atom stereocenters. The average Bonchev–Trinajstić information content (AvgIpc) is 2.49. The molecule has 2 aliphatic heterocycles. The molecule has 68 valence electrons. The maximum Gasteiger partial charge on any atom is 0.211 e. The molecule has 3 unspecified atom stereocenters. The third-order valence-electron chi connectivity index (χ3n) is 2.61. The lowest BCUT2D eigenvalue weighted by molar-refractivity contribution is -0.120. The maximum atomic E-state index is 10.6. The fraction of sp³-hybridized carbons (Fsp3) is 0.875. The fourth-order valence-electron chi connectivity index (χ4n) is 1.92. The van der Waals surface area contributed by atoms with Gasteiger partial charge in [0.05, 0.1) is 12.1 Å². The molecule has 2 rings (SSSR count). The van der Waals surface area contributed by atoms with Crippen molar-refractivity contribution in [1.82, 2.24) is 4.90 Å². The molecule has 0 aromatic rings. The monoisotopic (exact) mass is 171 g/mol. The normalized spacial score (nSPS) is 41.1. The summed E-state index contributed by atoms with van der Waals surface area (Å²) in [5.74, 6) is 0. The smallest absolute Gasteiger partial charge is 0.211 e. The number of rotatable bonds is 1. The number of carbonyl (C=O) groups excluding carboxylic acids is 1. The summed E-state index contributed by atoms with van der Waals surface area (Å²) in [6.07, 6.45) is 1.97. The maximum absolute atomic E-state index is 10.6. The Hall–Kier alpha value is -0.610. The highest BCUT2D eigenvalue weighted by Gasteiger charge is 2.40. The van der Waals surface area contributed by atoms with Gasteiger partial charge in [0.25, 0.3) is 0 Å². The summed E-state index contributed by atoms with van der Waals surface area (Å²) in [5.41, 5.74) is 0. The molecule has 2 fully saturated rings. The molecule has 0 spiro atoms. The number of carbonyl (C=O) groups is 1. The first-order valence-corrected chi connectivity index (χ1v) is 4.27. The van der Waals surface area contributed by atoms with Gasteiger partial charge in [-0.25, -0.2) is 0 Å². The van der Waals surface area contributed by atoms with Crippen LogP contribution in [0.4, 0.5) is 0 Å². The van der Waals surface area contributed by atoms with Crippen LogP contribution in [0.3, 0.4) is 0 Å². The summed E-state index contributed by atoms with van der Waals surface area (Å²) in [6, 6.07) is 0.242. The third-order valence-corrected chi connectivity index (χ3v) is 2.61. The molecule has 2 saturated heterocycles. The number of ether oxygens (including phenoxy) is 2. The lowest BCUT2D eigenvalue weighted by Crippen LogP contribution is -2.45. The second-order valence-electron chi connectivity index (χ2n) is 3.31. The number of nitrogens with zero attached hydrogens (tertiary/aromatic N) is 1. The molecule has 2 heterocycles. The summed E-state index contributed by atoms with van der Waals surface area (Å²) in [6.45, 7) is 3.15. The average molecular weight is 171 g/mol. The highest BCUT2D eigenvalue weighted by molar-refractivity contribution is 5.48. The first-order chi connectivity index (χ1) is 5.83. The number of amides is 1. The third kappa shape index (κ3) is 1.11. The van der Waals surface area contributed by atoms with E-state index in [4.69, 9.17) is 9.47 Å². The largest absolute Gasteiger partial charge is 0.376 e. The molecule has 1 amide bonds. The Morgan fingerprint density at radius 3 is 3.08 bits per heavy atom. The van der Waals surface area contributed by atoms with Gasteiger partial charge in [0.15, 0.2) is 0 Å². The number of fused-ring (bicyclic) bond motifs is 1. The van der Waals surface area contributed by atoms with Gasteiger partial charge in [0, 0.05) is 6.61 Å². The second-order valence-corrected chi connectivity index (χ2v) is 3.31. The van der Waals surface area contributed by atoms with Crippen LogP contribution in [-0.2, 0) is 14.3 Å². The Balaban J connectivity index is 2.08. The molecule has 0 bridgehead atoms. The van der Waals surface area contributed by atoms with Gasteiger partial charge in [-0.05, 0) is 13.3 Å². The van der Waals surface area contributed by atoms with Crippen LogP contribution < -0.4 is 0 Å². The Bertz CT molecular complexity index is 185. The standard InChI is InChI=1S/C8H13NO3/c1-6-8-7(2-3-11-6)9(4-10)5-12-8/h4,6-8H,2-3,5H2,1H3. The predicted molar refractivity (Wildman–Crippen MR) is 41.5 cm³/mol. The van der Waals surface area contributed by atoms with E-state index in [2.05, 4.69) is 0 Å². The van der Waals surface area contributed by atoms with E-state index < -0.39 is 0 Å². The lowest BCUT2D eigenvalue weighted by atomic mass is 10.0. The fourth-order valence-corrected chi connectivity index (χ4v) is 1.92. The van der Waals surface area contributed by atoms with Gasteiger partial charge in [-0.15, -0.1) is 0 Å². The van der Waals surface area contributed by atoms with E-state index >= 15 is 0 Å². The van der Waals surface area contributed by atoms with Crippen LogP contribution in [0.15, 0.2) is 0 Å². The molecule has 0 aromatic carbocycles. The van der Waals surface area contributed by atoms with Gasteiger partial charge in [0.2, 0.25) is 6.41 Å². The van der Waals surface area contributed by atoms with Crippen LogP contribution in [0.2, 0.25) is 0 Å². The van der Waals surface area contributed by atoms with E-state index in [1.165, 1.54) is 0 Å². The van der Waals surface area contributed by atoms with E-state index in [1.54, 1.807) is 4.90 Å². The highest BCUT2D eigenvalue weighted by atomic mass is 16.6. The molecule has 4 heteroatoms. The van der Waals surface area contributed by atoms with Crippen molar-refractivity contribution in [2.24, 2.45) is 0 Å². The molecule has 2 aliphatic rings. The van der Waals surface area contributed by atoms with Gasteiger partial charge in [-0.1, -0.05) is 0 Å². The predicted octanol–water partition coefficient (Wildman–Crippen LogP) is -0.0215. The highest BCUT2D eigenvalue weighted by Crippen LogP contribution is 2.26. The number of hydrogen-bond acceptors (Lipinski definition) is 3. The molecule has 0 radical (unpaired) electrons. The zero-order chi connectivity index (χ0) is 8.55. The summed E-state index contributed by atoms with van der Waals surface area (Å²) in [7, 11) is 0. The van der Waals surface area contributed by atoms with Crippen molar-refractivity contribution >= 4 is 6.41 Å². The minimum absolute atomic E-state index is 0.0870. The first-order valence-electron chi connectivity index (χ1n) is 4.27. The zero-order valence-corrected chi connectivity index (χ0v) is 7.10. The molecule has 4 nitrogen and oxygen atoms in total. The molecule has 0 aliphatic carbocycles. The summed E-state index contributed by atoms with van der Waals surface area (Å²) < 4.78 is 10.9. The minimum atomic E-state index is 0.0870. The summed E-state index contributed by atoms with van der Waals surface area (Å²) in [5, 5.41) is 0. The molecular formula is C8H13NO3. The molecule has 0 saturated carbocycles. The van der Waals surface area contributed by atoms with Gasteiger partial charge in [-0.3, -0.25) is 4.79 Å². The van der Waals surface area contributed by atoms with E-state index in [-0.39, 0.29) is 18.2 Å². The van der Waals surface area contributed by atoms with Crippen LogP contribution in [0.1, 0.15) is 13.3 Å². The minimum Gasteiger partial charge on any atom is -0.376 e. The van der Waals surface area contributed by atoms with Gasteiger partial charge < -0.3 is 14.4 Å². The Kier molecular flexibility index (Phi) is 2.02. The molecule has 12 heavy (non-hydrogen) atoms. The zero-order valence-electron chi connectivity index (χ0n) is 7.10. The van der Waals surface area contributed by atoms with Crippen molar-refractivity contribution in [3.63, 3.8) is 0 Å². The number of hydrogen-bond donors (Lipinski definition) is 0. The molecule has 0 aromatic heterocycles. The van der Waals surface area contributed by atoms with Crippen molar-refractivity contribution in [3.8, 4) is 0 Å². The Morgan fingerprint density at radius 1 is 1.50 bits per heavy atom. The molecular weight excluding hydrogens is 158 g/mol. The van der Waals surface area contributed by atoms with Gasteiger partial charge >= 0.3 is 0 Å². The first kappa shape index (κ1) is 8.01. The summed E-state index contributed by atoms with van der Waals surface area (Å²) >= 11 is 0. The van der Waals surface area contributed by atoms with Crippen LogP contribution in [-0.4, -0.2) is 42.9 Å².